The molecule has 2 unspecified atom stereocenters. The summed E-state index contributed by atoms with van der Waals surface area (Å²) in [7, 11) is 1.61. The zero-order valence-corrected chi connectivity index (χ0v) is 9.54. The molecule has 1 aromatic carbocycles. The molecule has 0 amide bonds. The first-order valence-electron chi connectivity index (χ1n) is 5.25. The Balaban J connectivity index is 2.74. The first kappa shape index (κ1) is 13.1. The second-order valence-electron chi connectivity index (χ2n) is 3.99. The summed E-state index contributed by atoms with van der Waals surface area (Å²) in [4.78, 5) is 0. The molecular formula is C12H17F2NO. The Bertz CT molecular complexity index is 324. The molecule has 0 heterocycles. The molecule has 2 N–H and O–H groups in total. The first-order valence-corrected chi connectivity index (χ1v) is 5.25. The summed E-state index contributed by atoms with van der Waals surface area (Å²) >= 11 is 0. The van der Waals surface area contributed by atoms with Crippen LogP contribution < -0.4 is 5.73 Å². The van der Waals surface area contributed by atoms with Gasteiger partial charge >= 0.3 is 0 Å². The van der Waals surface area contributed by atoms with E-state index in [1.165, 1.54) is 12.1 Å². The monoisotopic (exact) mass is 229 g/mol. The minimum absolute atomic E-state index is 0.112. The van der Waals surface area contributed by atoms with E-state index < -0.39 is 11.6 Å². The Morgan fingerprint density at radius 3 is 2.31 bits per heavy atom. The standard InChI is InChI=1S/C12H17F2NO/c1-8(3-4-16-2)12(15)9-5-10(13)7-11(14)6-9/h5-8,12H,3-4,15H2,1-2H3. The molecule has 16 heavy (non-hydrogen) atoms. The highest BCUT2D eigenvalue weighted by molar-refractivity contribution is 5.21. The molecule has 0 aliphatic carbocycles. The highest BCUT2D eigenvalue weighted by atomic mass is 19.1. The van der Waals surface area contributed by atoms with E-state index in [0.717, 1.165) is 12.5 Å². The number of benzene rings is 1. The van der Waals surface area contributed by atoms with E-state index in [1.807, 2.05) is 6.92 Å². The highest BCUT2D eigenvalue weighted by Gasteiger charge is 2.16. The molecule has 0 bridgehead atoms. The molecule has 0 aliphatic heterocycles. The number of hydrogen-bond acceptors (Lipinski definition) is 2. The largest absolute Gasteiger partial charge is 0.385 e. The maximum absolute atomic E-state index is 13.0. The second-order valence-corrected chi connectivity index (χ2v) is 3.99. The van der Waals surface area contributed by atoms with Crippen LogP contribution in [0.25, 0.3) is 0 Å². The zero-order valence-electron chi connectivity index (χ0n) is 9.54. The van der Waals surface area contributed by atoms with Gasteiger partial charge in [-0.05, 0) is 30.0 Å². The lowest BCUT2D eigenvalue weighted by Crippen LogP contribution is -2.20. The maximum Gasteiger partial charge on any atom is 0.126 e. The Kier molecular flexibility index (Phi) is 4.83. The van der Waals surface area contributed by atoms with Crippen molar-refractivity contribution in [2.75, 3.05) is 13.7 Å². The van der Waals surface area contributed by atoms with Crippen LogP contribution in [0.5, 0.6) is 0 Å². The van der Waals surface area contributed by atoms with Gasteiger partial charge in [0.1, 0.15) is 11.6 Å². The van der Waals surface area contributed by atoms with Gasteiger partial charge in [0.05, 0.1) is 0 Å². The molecule has 90 valence electrons. The highest BCUT2D eigenvalue weighted by Crippen LogP contribution is 2.23. The van der Waals surface area contributed by atoms with Crippen molar-refractivity contribution in [2.45, 2.75) is 19.4 Å². The van der Waals surface area contributed by atoms with Crippen LogP contribution in [0.2, 0.25) is 0 Å². The van der Waals surface area contributed by atoms with Crippen molar-refractivity contribution in [1.82, 2.24) is 0 Å². The van der Waals surface area contributed by atoms with E-state index in [2.05, 4.69) is 0 Å². The van der Waals surface area contributed by atoms with Crippen molar-refractivity contribution in [1.29, 1.82) is 0 Å². The van der Waals surface area contributed by atoms with Crippen molar-refractivity contribution >= 4 is 0 Å². The summed E-state index contributed by atoms with van der Waals surface area (Å²) in [6.07, 6.45) is 0.760. The molecule has 0 saturated carbocycles. The first-order chi connectivity index (χ1) is 7.54. The van der Waals surface area contributed by atoms with Gasteiger partial charge in [0.25, 0.3) is 0 Å². The number of rotatable bonds is 5. The van der Waals surface area contributed by atoms with Gasteiger partial charge in [-0.3, -0.25) is 0 Å². The van der Waals surface area contributed by atoms with Gasteiger partial charge < -0.3 is 10.5 Å². The summed E-state index contributed by atoms with van der Waals surface area (Å²) in [5.41, 5.74) is 6.42. The van der Waals surface area contributed by atoms with E-state index >= 15 is 0 Å². The van der Waals surface area contributed by atoms with Crippen LogP contribution in [0.1, 0.15) is 24.9 Å². The molecule has 0 radical (unpaired) electrons. The average molecular weight is 229 g/mol. The number of ether oxygens (including phenoxy) is 1. The molecule has 1 rings (SSSR count). The molecule has 0 spiro atoms. The lowest BCUT2D eigenvalue weighted by Gasteiger charge is -2.20. The normalized spacial score (nSPS) is 14.8. The van der Waals surface area contributed by atoms with Crippen molar-refractivity contribution < 1.29 is 13.5 Å². The van der Waals surface area contributed by atoms with E-state index in [0.29, 0.717) is 12.2 Å². The van der Waals surface area contributed by atoms with Gasteiger partial charge in [-0.15, -0.1) is 0 Å². The smallest absolute Gasteiger partial charge is 0.126 e. The second kappa shape index (κ2) is 5.92. The summed E-state index contributed by atoms with van der Waals surface area (Å²) in [6, 6.07) is 3.02. The van der Waals surface area contributed by atoms with Gasteiger partial charge in [-0.25, -0.2) is 8.78 Å². The van der Waals surface area contributed by atoms with Crippen LogP contribution >= 0.6 is 0 Å². The predicted molar refractivity (Wildman–Crippen MR) is 58.9 cm³/mol. The average Bonchev–Trinajstić information content (AvgIpc) is 2.23. The van der Waals surface area contributed by atoms with Crippen molar-refractivity contribution in [3.63, 3.8) is 0 Å². The molecule has 0 fully saturated rings. The minimum atomic E-state index is -0.593. The Hall–Kier alpha value is -1.00. The molecule has 1 aromatic rings. The topological polar surface area (TPSA) is 35.2 Å². The van der Waals surface area contributed by atoms with Crippen molar-refractivity contribution in [3.8, 4) is 0 Å². The fourth-order valence-electron chi connectivity index (χ4n) is 1.58. The van der Waals surface area contributed by atoms with Gasteiger partial charge in [0, 0.05) is 25.8 Å². The number of hydrogen-bond donors (Lipinski definition) is 1. The van der Waals surface area contributed by atoms with E-state index in [9.17, 15) is 8.78 Å². The van der Waals surface area contributed by atoms with Crippen molar-refractivity contribution in [2.24, 2.45) is 11.7 Å². The Morgan fingerprint density at radius 2 is 1.81 bits per heavy atom. The summed E-state index contributed by atoms with van der Waals surface area (Å²) in [5.74, 6) is -1.07. The third-order valence-corrected chi connectivity index (χ3v) is 2.66. The van der Waals surface area contributed by atoms with Crippen LogP contribution in [0.3, 0.4) is 0 Å². The van der Waals surface area contributed by atoms with E-state index in [1.54, 1.807) is 7.11 Å². The van der Waals surface area contributed by atoms with Gasteiger partial charge in [0.2, 0.25) is 0 Å². The molecule has 2 nitrogen and oxygen atoms in total. The van der Waals surface area contributed by atoms with Gasteiger partial charge in [-0.2, -0.15) is 0 Å². The minimum Gasteiger partial charge on any atom is -0.385 e. The predicted octanol–water partition coefficient (Wildman–Crippen LogP) is 2.64. The zero-order chi connectivity index (χ0) is 12.1. The number of halogens is 2. The fourth-order valence-corrected chi connectivity index (χ4v) is 1.58. The summed E-state index contributed by atoms with van der Waals surface area (Å²) < 4.78 is 30.9. The lowest BCUT2D eigenvalue weighted by atomic mass is 9.93. The SMILES string of the molecule is COCCC(C)C(N)c1cc(F)cc(F)c1. The van der Waals surface area contributed by atoms with Crippen LogP contribution in [0.15, 0.2) is 18.2 Å². The van der Waals surface area contributed by atoms with E-state index in [-0.39, 0.29) is 12.0 Å². The molecule has 0 saturated heterocycles. The van der Waals surface area contributed by atoms with Crippen LogP contribution in [0, 0.1) is 17.6 Å². The Labute approximate surface area is 94.4 Å². The number of methoxy groups -OCH3 is 1. The van der Waals surface area contributed by atoms with Crippen LogP contribution in [0.4, 0.5) is 8.78 Å². The van der Waals surface area contributed by atoms with Crippen LogP contribution in [-0.2, 0) is 4.74 Å². The summed E-state index contributed by atoms with van der Waals surface area (Å²) in [6.45, 7) is 2.53. The molecule has 0 aromatic heterocycles. The molecule has 4 heteroatoms. The molecule has 0 aliphatic rings. The quantitative estimate of drug-likeness (QED) is 0.842. The molecule has 2 atom stereocenters. The fraction of sp³-hybridized carbons (Fsp3) is 0.500. The third kappa shape index (κ3) is 3.54. The van der Waals surface area contributed by atoms with Gasteiger partial charge in [0.15, 0.2) is 0 Å². The maximum atomic E-state index is 13.0. The van der Waals surface area contributed by atoms with Crippen LogP contribution in [-0.4, -0.2) is 13.7 Å². The number of nitrogens with two attached hydrogens (primary N) is 1. The van der Waals surface area contributed by atoms with Gasteiger partial charge in [-0.1, -0.05) is 6.92 Å². The summed E-state index contributed by atoms with van der Waals surface area (Å²) in [5, 5.41) is 0. The Morgan fingerprint density at radius 1 is 1.25 bits per heavy atom. The van der Waals surface area contributed by atoms with Crippen molar-refractivity contribution in [3.05, 3.63) is 35.4 Å². The lowest BCUT2D eigenvalue weighted by molar-refractivity contribution is 0.174. The van der Waals surface area contributed by atoms with E-state index in [4.69, 9.17) is 10.5 Å². The third-order valence-electron chi connectivity index (χ3n) is 2.66. The molecular weight excluding hydrogens is 212 g/mol.